The molecule has 2 atom stereocenters. The summed E-state index contributed by atoms with van der Waals surface area (Å²) in [5.41, 5.74) is 3.04. The van der Waals surface area contributed by atoms with Crippen molar-refractivity contribution in [2.75, 3.05) is 33.5 Å². The summed E-state index contributed by atoms with van der Waals surface area (Å²) in [6.45, 7) is 5.64. The maximum absolute atomic E-state index is 5.48. The molecule has 0 amide bonds. The van der Waals surface area contributed by atoms with Gasteiger partial charge in [0.25, 0.3) is 0 Å². The van der Waals surface area contributed by atoms with Gasteiger partial charge in [0.2, 0.25) is 0 Å². The van der Waals surface area contributed by atoms with Crippen LogP contribution in [-0.4, -0.2) is 33.5 Å². The fraction of sp³-hybridized carbons (Fsp3) is 0.667. The summed E-state index contributed by atoms with van der Waals surface area (Å²) in [7, 11) is 1.70. The van der Waals surface area contributed by atoms with E-state index < -0.39 is 0 Å². The van der Waals surface area contributed by atoms with Crippen molar-refractivity contribution >= 4 is 0 Å². The maximum Gasteiger partial charge on any atom is 0.0700 e. The topological polar surface area (TPSA) is 30.5 Å². The van der Waals surface area contributed by atoms with Crippen molar-refractivity contribution in [1.82, 2.24) is 5.32 Å². The van der Waals surface area contributed by atoms with Crippen molar-refractivity contribution in [3.63, 3.8) is 0 Å². The number of hydrogen-bond acceptors (Lipinski definition) is 3. The molecule has 0 heterocycles. The summed E-state index contributed by atoms with van der Waals surface area (Å²) in [5.74, 6) is 0.702. The number of fused-ring (bicyclic) bond motifs is 1. The molecule has 0 aliphatic heterocycles. The third-order valence-corrected chi connectivity index (χ3v) is 4.33. The first kappa shape index (κ1) is 16.5. The molecule has 3 heteroatoms. The monoisotopic (exact) mass is 291 g/mol. The molecule has 2 rings (SSSR count). The maximum atomic E-state index is 5.48. The number of benzene rings is 1. The lowest BCUT2D eigenvalue weighted by atomic mass is 9.81. The molecule has 0 saturated heterocycles. The second-order valence-corrected chi connectivity index (χ2v) is 5.93. The summed E-state index contributed by atoms with van der Waals surface area (Å²) in [6.07, 6.45) is 4.82. The van der Waals surface area contributed by atoms with Gasteiger partial charge in [0.05, 0.1) is 13.2 Å². The van der Waals surface area contributed by atoms with Crippen LogP contribution in [0.25, 0.3) is 0 Å². The van der Waals surface area contributed by atoms with Crippen molar-refractivity contribution in [3.8, 4) is 0 Å². The van der Waals surface area contributed by atoms with Gasteiger partial charge in [0.1, 0.15) is 0 Å². The Balaban J connectivity index is 1.66. The van der Waals surface area contributed by atoms with Crippen LogP contribution in [0, 0.1) is 0 Å². The van der Waals surface area contributed by atoms with E-state index in [-0.39, 0.29) is 0 Å². The van der Waals surface area contributed by atoms with Crippen LogP contribution in [0.1, 0.15) is 55.7 Å². The SMILES string of the molecule is COCCOCCCCNC1CCC(C)c2ccccc21. The van der Waals surface area contributed by atoms with Crippen molar-refractivity contribution in [1.29, 1.82) is 0 Å². The van der Waals surface area contributed by atoms with E-state index in [2.05, 4.69) is 36.5 Å². The molecule has 1 aliphatic carbocycles. The van der Waals surface area contributed by atoms with Gasteiger partial charge in [-0.15, -0.1) is 0 Å². The fourth-order valence-corrected chi connectivity index (χ4v) is 3.07. The van der Waals surface area contributed by atoms with Crippen LogP contribution in [0.15, 0.2) is 24.3 Å². The van der Waals surface area contributed by atoms with Gasteiger partial charge < -0.3 is 14.8 Å². The van der Waals surface area contributed by atoms with E-state index in [9.17, 15) is 0 Å². The Kier molecular flexibility index (Phi) is 7.20. The van der Waals surface area contributed by atoms with Crippen LogP contribution in [0.2, 0.25) is 0 Å². The molecule has 2 unspecified atom stereocenters. The van der Waals surface area contributed by atoms with E-state index in [4.69, 9.17) is 9.47 Å². The predicted octanol–water partition coefficient (Wildman–Crippen LogP) is 3.66. The Morgan fingerprint density at radius 1 is 1.05 bits per heavy atom. The smallest absolute Gasteiger partial charge is 0.0700 e. The Morgan fingerprint density at radius 2 is 1.86 bits per heavy atom. The van der Waals surface area contributed by atoms with Gasteiger partial charge in [0.15, 0.2) is 0 Å². The lowest BCUT2D eigenvalue weighted by Crippen LogP contribution is -2.27. The molecule has 0 radical (unpaired) electrons. The van der Waals surface area contributed by atoms with Gasteiger partial charge >= 0.3 is 0 Å². The zero-order chi connectivity index (χ0) is 14.9. The van der Waals surface area contributed by atoms with E-state index in [0.29, 0.717) is 25.2 Å². The van der Waals surface area contributed by atoms with Gasteiger partial charge in [-0.3, -0.25) is 0 Å². The highest BCUT2D eigenvalue weighted by Gasteiger charge is 2.23. The third kappa shape index (κ3) is 5.10. The van der Waals surface area contributed by atoms with Crippen LogP contribution < -0.4 is 5.32 Å². The van der Waals surface area contributed by atoms with E-state index in [1.165, 1.54) is 30.4 Å². The van der Waals surface area contributed by atoms with Crippen LogP contribution >= 0.6 is 0 Å². The quantitative estimate of drug-likeness (QED) is 0.704. The predicted molar refractivity (Wildman–Crippen MR) is 86.8 cm³/mol. The molecular weight excluding hydrogens is 262 g/mol. The summed E-state index contributed by atoms with van der Waals surface area (Å²) in [5, 5.41) is 3.72. The summed E-state index contributed by atoms with van der Waals surface area (Å²) in [4.78, 5) is 0. The molecular formula is C18H29NO2. The van der Waals surface area contributed by atoms with Crippen LogP contribution in [0.3, 0.4) is 0 Å². The van der Waals surface area contributed by atoms with Crippen LogP contribution in [0.4, 0.5) is 0 Å². The van der Waals surface area contributed by atoms with Gasteiger partial charge in [-0.1, -0.05) is 31.2 Å². The molecule has 1 aromatic carbocycles. The average molecular weight is 291 g/mol. The molecule has 3 nitrogen and oxygen atoms in total. The first-order valence-electron chi connectivity index (χ1n) is 8.22. The number of ether oxygens (including phenoxy) is 2. The molecule has 21 heavy (non-hydrogen) atoms. The minimum Gasteiger partial charge on any atom is -0.382 e. The molecule has 0 fully saturated rings. The number of rotatable bonds is 9. The number of nitrogens with one attached hydrogen (secondary N) is 1. The standard InChI is InChI=1S/C18H29NO2/c1-15-9-10-18(17-8-4-3-7-16(15)17)19-11-5-6-12-21-14-13-20-2/h3-4,7-8,15,18-19H,5-6,9-14H2,1-2H3. The van der Waals surface area contributed by atoms with Gasteiger partial charge in [-0.25, -0.2) is 0 Å². The average Bonchev–Trinajstić information content (AvgIpc) is 2.52. The highest BCUT2D eigenvalue weighted by atomic mass is 16.5. The molecule has 0 aromatic heterocycles. The molecule has 0 spiro atoms. The molecule has 1 aliphatic rings. The highest BCUT2D eigenvalue weighted by Crippen LogP contribution is 2.36. The Bertz CT molecular complexity index is 408. The fourth-order valence-electron chi connectivity index (χ4n) is 3.07. The third-order valence-electron chi connectivity index (χ3n) is 4.33. The minimum atomic E-state index is 0.534. The molecule has 0 saturated carbocycles. The molecule has 1 aromatic rings. The second kappa shape index (κ2) is 9.19. The molecule has 0 bridgehead atoms. The Hall–Kier alpha value is -0.900. The van der Waals surface area contributed by atoms with Crippen molar-refractivity contribution in [3.05, 3.63) is 35.4 Å². The largest absolute Gasteiger partial charge is 0.382 e. The number of methoxy groups -OCH3 is 1. The van der Waals surface area contributed by atoms with Gasteiger partial charge in [-0.05, 0) is 49.3 Å². The van der Waals surface area contributed by atoms with Crippen LogP contribution in [-0.2, 0) is 9.47 Å². The van der Waals surface area contributed by atoms with Gasteiger partial charge in [0, 0.05) is 19.8 Å². The van der Waals surface area contributed by atoms with E-state index in [1.54, 1.807) is 7.11 Å². The normalized spacial score (nSPS) is 21.2. The zero-order valence-electron chi connectivity index (χ0n) is 13.4. The summed E-state index contributed by atoms with van der Waals surface area (Å²) in [6, 6.07) is 9.44. The Morgan fingerprint density at radius 3 is 2.67 bits per heavy atom. The first-order chi connectivity index (χ1) is 10.3. The molecule has 1 N–H and O–H groups in total. The molecule has 118 valence electrons. The highest BCUT2D eigenvalue weighted by molar-refractivity contribution is 5.34. The van der Waals surface area contributed by atoms with Crippen molar-refractivity contribution in [2.24, 2.45) is 0 Å². The van der Waals surface area contributed by atoms with E-state index in [1.807, 2.05) is 0 Å². The Labute approximate surface area is 129 Å². The van der Waals surface area contributed by atoms with Gasteiger partial charge in [-0.2, -0.15) is 0 Å². The lowest BCUT2D eigenvalue weighted by molar-refractivity contribution is 0.0687. The van der Waals surface area contributed by atoms with E-state index >= 15 is 0 Å². The lowest BCUT2D eigenvalue weighted by Gasteiger charge is -2.30. The van der Waals surface area contributed by atoms with E-state index in [0.717, 1.165) is 19.6 Å². The summed E-state index contributed by atoms with van der Waals surface area (Å²) >= 11 is 0. The second-order valence-electron chi connectivity index (χ2n) is 5.93. The number of unbranched alkanes of at least 4 members (excludes halogenated alkanes) is 1. The van der Waals surface area contributed by atoms with Crippen LogP contribution in [0.5, 0.6) is 0 Å². The zero-order valence-corrected chi connectivity index (χ0v) is 13.4. The first-order valence-corrected chi connectivity index (χ1v) is 8.22. The summed E-state index contributed by atoms with van der Waals surface area (Å²) < 4.78 is 10.4. The van der Waals surface area contributed by atoms with Crippen molar-refractivity contribution in [2.45, 2.75) is 44.6 Å². The number of hydrogen-bond donors (Lipinski definition) is 1. The van der Waals surface area contributed by atoms with Crippen molar-refractivity contribution < 1.29 is 9.47 Å². The minimum absolute atomic E-state index is 0.534.